The molecule has 108 valence electrons. The van der Waals surface area contributed by atoms with Crippen molar-refractivity contribution >= 4 is 15.7 Å². The highest BCUT2D eigenvalue weighted by Gasteiger charge is 2.08. The Balaban J connectivity index is 2.93. The Bertz CT molecular complexity index is 497. The van der Waals surface area contributed by atoms with Crippen molar-refractivity contribution in [3.8, 4) is 5.75 Å². The maximum absolute atomic E-state index is 11.2. The second-order valence-electron chi connectivity index (χ2n) is 4.65. The molecule has 5 heteroatoms. The van der Waals surface area contributed by atoms with E-state index in [0.29, 0.717) is 12.3 Å². The molecule has 1 rings (SSSR count). The van der Waals surface area contributed by atoms with Crippen LogP contribution < -0.4 is 9.46 Å². The van der Waals surface area contributed by atoms with E-state index in [0.717, 1.165) is 43.3 Å². The van der Waals surface area contributed by atoms with Gasteiger partial charge in [0.2, 0.25) is 10.0 Å². The van der Waals surface area contributed by atoms with Gasteiger partial charge < -0.3 is 4.74 Å². The molecular formula is C14H23NO3S. The molecule has 0 saturated carbocycles. The van der Waals surface area contributed by atoms with Crippen LogP contribution in [0, 0.1) is 0 Å². The first-order valence-electron chi connectivity index (χ1n) is 6.69. The predicted octanol–water partition coefficient (Wildman–Crippen LogP) is 3.19. The topological polar surface area (TPSA) is 55.4 Å². The summed E-state index contributed by atoms with van der Waals surface area (Å²) in [4.78, 5) is 0. The minimum Gasteiger partial charge on any atom is -0.493 e. The number of hydrogen-bond acceptors (Lipinski definition) is 3. The van der Waals surface area contributed by atoms with Crippen LogP contribution in [-0.2, 0) is 16.4 Å². The molecule has 1 aromatic carbocycles. The van der Waals surface area contributed by atoms with Crippen LogP contribution >= 0.6 is 0 Å². The summed E-state index contributed by atoms with van der Waals surface area (Å²) >= 11 is 0. The third-order valence-electron chi connectivity index (χ3n) is 2.63. The van der Waals surface area contributed by atoms with Gasteiger partial charge in [-0.25, -0.2) is 8.42 Å². The minimum atomic E-state index is -3.25. The highest BCUT2D eigenvalue weighted by Crippen LogP contribution is 2.25. The van der Waals surface area contributed by atoms with Gasteiger partial charge in [0.25, 0.3) is 0 Å². The second-order valence-corrected chi connectivity index (χ2v) is 6.40. The molecule has 0 aromatic heterocycles. The number of anilines is 1. The first kappa shape index (κ1) is 15.8. The first-order valence-corrected chi connectivity index (χ1v) is 8.59. The highest BCUT2D eigenvalue weighted by molar-refractivity contribution is 7.92. The van der Waals surface area contributed by atoms with Gasteiger partial charge in [-0.3, -0.25) is 4.72 Å². The molecule has 0 saturated heterocycles. The quantitative estimate of drug-likeness (QED) is 0.798. The summed E-state index contributed by atoms with van der Waals surface area (Å²) < 4.78 is 30.6. The molecule has 0 amide bonds. The Kier molecular flexibility index (Phi) is 6.15. The van der Waals surface area contributed by atoms with Crippen molar-refractivity contribution in [1.82, 2.24) is 0 Å². The summed E-state index contributed by atoms with van der Waals surface area (Å²) in [5.74, 6) is 0.781. The summed E-state index contributed by atoms with van der Waals surface area (Å²) in [6, 6.07) is 5.49. The average Bonchev–Trinajstić information content (AvgIpc) is 2.33. The Morgan fingerprint density at radius 3 is 2.53 bits per heavy atom. The van der Waals surface area contributed by atoms with E-state index in [2.05, 4.69) is 11.6 Å². The molecule has 0 bridgehead atoms. The van der Waals surface area contributed by atoms with E-state index in [9.17, 15) is 8.42 Å². The zero-order valence-electron chi connectivity index (χ0n) is 11.9. The van der Waals surface area contributed by atoms with Crippen molar-refractivity contribution < 1.29 is 13.2 Å². The van der Waals surface area contributed by atoms with Gasteiger partial charge in [0.15, 0.2) is 0 Å². The van der Waals surface area contributed by atoms with Crippen molar-refractivity contribution in [3.63, 3.8) is 0 Å². The van der Waals surface area contributed by atoms with Gasteiger partial charge >= 0.3 is 0 Å². The summed E-state index contributed by atoms with van der Waals surface area (Å²) in [7, 11) is -3.25. The molecule has 1 aromatic rings. The van der Waals surface area contributed by atoms with Gasteiger partial charge in [0.05, 0.1) is 18.6 Å². The highest BCUT2D eigenvalue weighted by atomic mass is 32.2. The zero-order valence-corrected chi connectivity index (χ0v) is 12.7. The summed E-state index contributed by atoms with van der Waals surface area (Å²) in [6.45, 7) is 4.83. The number of ether oxygens (including phenoxy) is 1. The molecule has 0 fully saturated rings. The smallest absolute Gasteiger partial charge is 0.229 e. The molecular weight excluding hydrogens is 262 g/mol. The van der Waals surface area contributed by atoms with Gasteiger partial charge in [-0.2, -0.15) is 0 Å². The Morgan fingerprint density at radius 2 is 1.95 bits per heavy atom. The van der Waals surface area contributed by atoms with E-state index in [-0.39, 0.29) is 0 Å². The van der Waals surface area contributed by atoms with Crippen molar-refractivity contribution in [2.45, 2.75) is 39.5 Å². The van der Waals surface area contributed by atoms with E-state index in [1.165, 1.54) is 0 Å². The lowest BCUT2D eigenvalue weighted by Crippen LogP contribution is -2.10. The van der Waals surface area contributed by atoms with Gasteiger partial charge in [0.1, 0.15) is 5.75 Å². The number of hydrogen-bond donors (Lipinski definition) is 1. The standard InChI is InChI=1S/C14H23NO3S/c1-4-6-7-12-8-9-13(15-19(3,16)17)11-14(12)18-10-5-2/h8-9,11,15H,4-7,10H2,1-3H3. The fourth-order valence-corrected chi connectivity index (χ4v) is 2.31. The fourth-order valence-electron chi connectivity index (χ4n) is 1.75. The van der Waals surface area contributed by atoms with E-state index in [4.69, 9.17) is 4.74 Å². The summed E-state index contributed by atoms with van der Waals surface area (Å²) in [5.41, 5.74) is 1.68. The van der Waals surface area contributed by atoms with E-state index in [1.807, 2.05) is 13.0 Å². The Labute approximate surface area is 116 Å². The van der Waals surface area contributed by atoms with Gasteiger partial charge in [0, 0.05) is 6.07 Å². The lowest BCUT2D eigenvalue weighted by Gasteiger charge is -2.13. The number of unbranched alkanes of at least 4 members (excludes halogenated alkanes) is 1. The van der Waals surface area contributed by atoms with E-state index >= 15 is 0 Å². The number of benzene rings is 1. The van der Waals surface area contributed by atoms with E-state index in [1.54, 1.807) is 12.1 Å². The van der Waals surface area contributed by atoms with Crippen LogP contribution in [0.1, 0.15) is 38.7 Å². The van der Waals surface area contributed by atoms with Crippen LogP contribution in [0.15, 0.2) is 18.2 Å². The molecule has 0 unspecified atom stereocenters. The maximum atomic E-state index is 11.2. The fraction of sp³-hybridized carbons (Fsp3) is 0.571. The number of sulfonamides is 1. The number of rotatable bonds is 8. The van der Waals surface area contributed by atoms with Crippen LogP contribution in [0.3, 0.4) is 0 Å². The SMILES string of the molecule is CCCCc1ccc(NS(C)(=O)=O)cc1OCCC. The molecule has 0 atom stereocenters. The Hall–Kier alpha value is -1.23. The number of nitrogens with one attached hydrogen (secondary N) is 1. The second kappa shape index (κ2) is 7.38. The molecule has 0 heterocycles. The minimum absolute atomic E-state index is 0.550. The molecule has 0 aliphatic heterocycles. The molecule has 0 radical (unpaired) electrons. The molecule has 0 aliphatic carbocycles. The molecule has 19 heavy (non-hydrogen) atoms. The summed E-state index contributed by atoms with van der Waals surface area (Å²) in [6.07, 6.45) is 5.24. The van der Waals surface area contributed by atoms with Gasteiger partial charge in [-0.1, -0.05) is 26.3 Å². The lowest BCUT2D eigenvalue weighted by molar-refractivity contribution is 0.314. The van der Waals surface area contributed by atoms with Crippen LogP contribution in [-0.4, -0.2) is 21.3 Å². The van der Waals surface area contributed by atoms with Crippen LogP contribution in [0.5, 0.6) is 5.75 Å². The van der Waals surface area contributed by atoms with E-state index < -0.39 is 10.0 Å². The van der Waals surface area contributed by atoms with Crippen molar-refractivity contribution in [2.24, 2.45) is 0 Å². The maximum Gasteiger partial charge on any atom is 0.229 e. The third kappa shape index (κ3) is 5.96. The van der Waals surface area contributed by atoms with Gasteiger partial charge in [-0.05, 0) is 30.9 Å². The molecule has 0 aliphatic rings. The van der Waals surface area contributed by atoms with Crippen molar-refractivity contribution in [3.05, 3.63) is 23.8 Å². The molecule has 1 N–H and O–H groups in total. The van der Waals surface area contributed by atoms with Crippen molar-refractivity contribution in [1.29, 1.82) is 0 Å². The number of aryl methyl sites for hydroxylation is 1. The van der Waals surface area contributed by atoms with Crippen LogP contribution in [0.4, 0.5) is 5.69 Å². The van der Waals surface area contributed by atoms with Crippen LogP contribution in [0.2, 0.25) is 0 Å². The Morgan fingerprint density at radius 1 is 1.21 bits per heavy atom. The average molecular weight is 285 g/mol. The van der Waals surface area contributed by atoms with Gasteiger partial charge in [-0.15, -0.1) is 0 Å². The van der Waals surface area contributed by atoms with Crippen LogP contribution in [0.25, 0.3) is 0 Å². The normalized spacial score (nSPS) is 11.3. The predicted molar refractivity (Wildman–Crippen MR) is 79.3 cm³/mol. The molecule has 4 nitrogen and oxygen atoms in total. The first-order chi connectivity index (χ1) is 8.96. The summed E-state index contributed by atoms with van der Waals surface area (Å²) in [5, 5.41) is 0. The largest absolute Gasteiger partial charge is 0.493 e. The third-order valence-corrected chi connectivity index (χ3v) is 3.24. The molecule has 0 spiro atoms. The lowest BCUT2D eigenvalue weighted by atomic mass is 10.1. The van der Waals surface area contributed by atoms with Crippen molar-refractivity contribution in [2.75, 3.05) is 17.6 Å². The zero-order chi connectivity index (χ0) is 14.3. The monoisotopic (exact) mass is 285 g/mol.